The van der Waals surface area contributed by atoms with Gasteiger partial charge < -0.3 is 15.8 Å². The van der Waals surface area contributed by atoms with Gasteiger partial charge in [-0.05, 0) is 24.8 Å². The van der Waals surface area contributed by atoms with Gasteiger partial charge in [-0.1, -0.05) is 30.3 Å². The molecule has 0 unspecified atom stereocenters. The Labute approximate surface area is 114 Å². The molecule has 104 valence electrons. The second kappa shape index (κ2) is 6.68. The van der Waals surface area contributed by atoms with Crippen molar-refractivity contribution in [3.05, 3.63) is 35.9 Å². The van der Waals surface area contributed by atoms with Crippen molar-refractivity contribution in [2.45, 2.75) is 24.7 Å². The number of amides is 1. The molecule has 1 amide bonds. The maximum Gasteiger partial charge on any atom is 0.230 e. The third-order valence-electron chi connectivity index (χ3n) is 3.52. The number of hydrogen-bond acceptors (Lipinski definition) is 3. The zero-order valence-corrected chi connectivity index (χ0v) is 11.2. The van der Waals surface area contributed by atoms with Gasteiger partial charge in [-0.3, -0.25) is 4.79 Å². The Bertz CT molecular complexity index is 402. The van der Waals surface area contributed by atoms with Gasteiger partial charge in [0.25, 0.3) is 0 Å². The van der Waals surface area contributed by atoms with Gasteiger partial charge in [0.2, 0.25) is 5.91 Å². The molecule has 4 nitrogen and oxygen atoms in total. The number of nitrogens with one attached hydrogen (secondary N) is 1. The molecule has 2 rings (SSSR count). The van der Waals surface area contributed by atoms with Crippen molar-refractivity contribution < 1.29 is 9.53 Å². The average molecular weight is 262 g/mol. The third-order valence-corrected chi connectivity index (χ3v) is 3.52. The molecule has 0 aliphatic heterocycles. The van der Waals surface area contributed by atoms with Crippen LogP contribution in [-0.2, 0) is 14.9 Å². The van der Waals surface area contributed by atoms with Gasteiger partial charge in [0, 0.05) is 19.7 Å². The summed E-state index contributed by atoms with van der Waals surface area (Å²) in [5.74, 6) is 0.150. The third kappa shape index (κ3) is 3.55. The lowest BCUT2D eigenvalue weighted by Crippen LogP contribution is -2.35. The lowest BCUT2D eigenvalue weighted by molar-refractivity contribution is -0.123. The van der Waals surface area contributed by atoms with Crippen molar-refractivity contribution in [1.29, 1.82) is 0 Å². The Morgan fingerprint density at radius 3 is 2.63 bits per heavy atom. The first-order chi connectivity index (χ1) is 9.29. The smallest absolute Gasteiger partial charge is 0.230 e. The maximum absolute atomic E-state index is 12.2. The van der Waals surface area contributed by atoms with Gasteiger partial charge in [0.05, 0.1) is 12.0 Å². The fourth-order valence-electron chi connectivity index (χ4n) is 2.26. The summed E-state index contributed by atoms with van der Waals surface area (Å²) in [4.78, 5) is 12.2. The number of rotatable bonds is 8. The SMILES string of the molecule is NCCOCCCNC(=O)C1(c2ccccc2)CC1. The fraction of sp³-hybridized carbons (Fsp3) is 0.533. The predicted octanol–water partition coefficient (Wildman–Crippen LogP) is 1.20. The summed E-state index contributed by atoms with van der Waals surface area (Å²) in [6, 6.07) is 10.0. The van der Waals surface area contributed by atoms with Gasteiger partial charge >= 0.3 is 0 Å². The van der Waals surface area contributed by atoms with Crippen LogP contribution in [0.25, 0.3) is 0 Å². The Morgan fingerprint density at radius 1 is 1.26 bits per heavy atom. The highest BCUT2D eigenvalue weighted by atomic mass is 16.5. The van der Waals surface area contributed by atoms with E-state index < -0.39 is 0 Å². The molecule has 19 heavy (non-hydrogen) atoms. The largest absolute Gasteiger partial charge is 0.380 e. The molecule has 0 heterocycles. The highest BCUT2D eigenvalue weighted by Crippen LogP contribution is 2.48. The molecule has 0 spiro atoms. The lowest BCUT2D eigenvalue weighted by atomic mass is 9.95. The summed E-state index contributed by atoms with van der Waals surface area (Å²) < 4.78 is 5.27. The molecular weight excluding hydrogens is 240 g/mol. The fourth-order valence-corrected chi connectivity index (χ4v) is 2.26. The molecule has 0 atom stereocenters. The summed E-state index contributed by atoms with van der Waals surface area (Å²) in [6.07, 6.45) is 2.73. The molecule has 1 aliphatic carbocycles. The van der Waals surface area contributed by atoms with Crippen LogP contribution in [0.15, 0.2) is 30.3 Å². The Kier molecular flexibility index (Phi) is 4.93. The van der Waals surface area contributed by atoms with Crippen LogP contribution in [0.5, 0.6) is 0 Å². The lowest BCUT2D eigenvalue weighted by Gasteiger charge is -2.15. The van der Waals surface area contributed by atoms with Crippen molar-refractivity contribution >= 4 is 5.91 Å². The topological polar surface area (TPSA) is 64.3 Å². The van der Waals surface area contributed by atoms with Crippen LogP contribution in [0, 0.1) is 0 Å². The first-order valence-corrected chi connectivity index (χ1v) is 6.91. The molecule has 1 aromatic carbocycles. The first kappa shape index (κ1) is 14.0. The molecule has 1 fully saturated rings. The van der Waals surface area contributed by atoms with E-state index in [0.717, 1.165) is 24.8 Å². The van der Waals surface area contributed by atoms with Gasteiger partial charge in [-0.2, -0.15) is 0 Å². The molecule has 0 aromatic heterocycles. The highest BCUT2D eigenvalue weighted by Gasteiger charge is 2.50. The molecule has 1 aliphatic rings. The standard InChI is InChI=1S/C15H22N2O2/c16-9-12-19-11-4-10-17-14(18)15(7-8-15)13-5-2-1-3-6-13/h1-3,5-6H,4,7-12,16H2,(H,17,18). The van der Waals surface area contributed by atoms with Gasteiger partial charge in [-0.15, -0.1) is 0 Å². The minimum absolute atomic E-state index is 0.150. The zero-order chi connectivity index (χ0) is 13.6. The summed E-state index contributed by atoms with van der Waals surface area (Å²) in [5, 5.41) is 3.01. The van der Waals surface area contributed by atoms with Crippen LogP contribution in [0.3, 0.4) is 0 Å². The number of ether oxygens (including phenoxy) is 1. The van der Waals surface area contributed by atoms with E-state index >= 15 is 0 Å². The van der Waals surface area contributed by atoms with Gasteiger partial charge in [0.15, 0.2) is 0 Å². The molecule has 1 aromatic rings. The second-order valence-corrected chi connectivity index (χ2v) is 4.96. The number of hydrogen-bond donors (Lipinski definition) is 2. The van der Waals surface area contributed by atoms with Crippen LogP contribution in [0.1, 0.15) is 24.8 Å². The molecule has 3 N–H and O–H groups in total. The number of nitrogens with two attached hydrogens (primary N) is 1. The number of carbonyl (C=O) groups is 1. The van der Waals surface area contributed by atoms with Crippen molar-refractivity contribution in [3.8, 4) is 0 Å². The van der Waals surface area contributed by atoms with E-state index in [1.165, 1.54) is 0 Å². The summed E-state index contributed by atoms with van der Waals surface area (Å²) in [5.41, 5.74) is 6.19. The summed E-state index contributed by atoms with van der Waals surface area (Å²) in [7, 11) is 0. The van der Waals surface area contributed by atoms with E-state index in [9.17, 15) is 4.79 Å². The molecular formula is C15H22N2O2. The van der Waals surface area contributed by atoms with Gasteiger partial charge in [-0.25, -0.2) is 0 Å². The Balaban J connectivity index is 1.75. The first-order valence-electron chi connectivity index (χ1n) is 6.91. The summed E-state index contributed by atoms with van der Waals surface area (Å²) >= 11 is 0. The number of benzene rings is 1. The van der Waals surface area contributed by atoms with Crippen molar-refractivity contribution in [2.24, 2.45) is 5.73 Å². The Hall–Kier alpha value is -1.39. The minimum Gasteiger partial charge on any atom is -0.380 e. The minimum atomic E-state index is -0.265. The Morgan fingerprint density at radius 2 is 2.00 bits per heavy atom. The molecule has 0 bridgehead atoms. The monoisotopic (exact) mass is 262 g/mol. The molecule has 0 radical (unpaired) electrons. The van der Waals surface area contributed by atoms with Crippen LogP contribution in [0.2, 0.25) is 0 Å². The van der Waals surface area contributed by atoms with Crippen molar-refractivity contribution in [2.75, 3.05) is 26.3 Å². The van der Waals surface area contributed by atoms with E-state index in [1.807, 2.05) is 30.3 Å². The van der Waals surface area contributed by atoms with E-state index in [2.05, 4.69) is 5.32 Å². The predicted molar refractivity (Wildman–Crippen MR) is 74.9 cm³/mol. The maximum atomic E-state index is 12.2. The van der Waals surface area contributed by atoms with Crippen LogP contribution < -0.4 is 11.1 Å². The normalized spacial score (nSPS) is 16.1. The second-order valence-electron chi connectivity index (χ2n) is 4.96. The molecule has 4 heteroatoms. The molecule has 0 saturated heterocycles. The quantitative estimate of drug-likeness (QED) is 0.692. The summed E-state index contributed by atoms with van der Waals surface area (Å²) in [6.45, 7) is 2.44. The van der Waals surface area contributed by atoms with Crippen molar-refractivity contribution in [1.82, 2.24) is 5.32 Å². The van der Waals surface area contributed by atoms with E-state index in [-0.39, 0.29) is 11.3 Å². The van der Waals surface area contributed by atoms with Crippen LogP contribution >= 0.6 is 0 Å². The van der Waals surface area contributed by atoms with Crippen LogP contribution in [-0.4, -0.2) is 32.2 Å². The molecule has 1 saturated carbocycles. The van der Waals surface area contributed by atoms with E-state index in [0.29, 0.717) is 26.3 Å². The average Bonchev–Trinajstić information content (AvgIpc) is 3.25. The van der Waals surface area contributed by atoms with Crippen molar-refractivity contribution in [3.63, 3.8) is 0 Å². The van der Waals surface area contributed by atoms with E-state index in [4.69, 9.17) is 10.5 Å². The van der Waals surface area contributed by atoms with Crippen LogP contribution in [0.4, 0.5) is 0 Å². The van der Waals surface area contributed by atoms with E-state index in [1.54, 1.807) is 0 Å². The number of carbonyl (C=O) groups excluding carboxylic acids is 1. The zero-order valence-electron chi connectivity index (χ0n) is 11.2. The van der Waals surface area contributed by atoms with Gasteiger partial charge in [0.1, 0.15) is 0 Å². The highest BCUT2D eigenvalue weighted by molar-refractivity contribution is 5.91.